The molecule has 1 aromatic carbocycles. The average molecular weight is 274 g/mol. The van der Waals surface area contributed by atoms with Crippen LogP contribution in [0.1, 0.15) is 6.92 Å². The van der Waals surface area contributed by atoms with Crippen LogP contribution in [0.15, 0.2) is 24.3 Å². The number of nitrogens with zero attached hydrogens (tertiary/aromatic N) is 1. The molecule has 0 bridgehead atoms. The van der Waals surface area contributed by atoms with Crippen molar-refractivity contribution in [2.45, 2.75) is 13.0 Å². The molecule has 0 spiro atoms. The van der Waals surface area contributed by atoms with Crippen LogP contribution in [0.3, 0.4) is 0 Å². The van der Waals surface area contributed by atoms with Crippen molar-refractivity contribution in [3.05, 3.63) is 29.3 Å². The number of ether oxygens (including phenoxy) is 2. The SMILES string of the molecule is COCO[C@@H](C)CN(C(=O)O)c1ccccc1Cl. The van der Waals surface area contributed by atoms with Crippen molar-refractivity contribution in [2.75, 3.05) is 25.3 Å². The van der Waals surface area contributed by atoms with Gasteiger partial charge >= 0.3 is 6.09 Å². The van der Waals surface area contributed by atoms with Crippen LogP contribution in [0.2, 0.25) is 5.02 Å². The van der Waals surface area contributed by atoms with Gasteiger partial charge in [-0.25, -0.2) is 4.79 Å². The Kier molecular flexibility index (Phi) is 5.91. The van der Waals surface area contributed by atoms with Crippen molar-refractivity contribution >= 4 is 23.4 Å². The molecule has 0 radical (unpaired) electrons. The number of amides is 1. The van der Waals surface area contributed by atoms with E-state index in [1.165, 1.54) is 7.11 Å². The number of benzene rings is 1. The Morgan fingerprint density at radius 2 is 2.17 bits per heavy atom. The Morgan fingerprint density at radius 1 is 1.50 bits per heavy atom. The zero-order valence-electron chi connectivity index (χ0n) is 10.3. The maximum absolute atomic E-state index is 11.2. The van der Waals surface area contributed by atoms with Crippen LogP contribution in [-0.2, 0) is 9.47 Å². The Balaban J connectivity index is 2.78. The predicted molar refractivity (Wildman–Crippen MR) is 69.2 cm³/mol. The van der Waals surface area contributed by atoms with Crippen molar-refractivity contribution in [1.82, 2.24) is 0 Å². The van der Waals surface area contributed by atoms with Crippen LogP contribution >= 0.6 is 11.6 Å². The molecular weight excluding hydrogens is 258 g/mol. The molecule has 0 aromatic heterocycles. The molecule has 0 saturated heterocycles. The average Bonchev–Trinajstić information content (AvgIpc) is 2.34. The van der Waals surface area contributed by atoms with Gasteiger partial charge in [-0.1, -0.05) is 23.7 Å². The second kappa shape index (κ2) is 7.20. The third-order valence-corrected chi connectivity index (χ3v) is 2.60. The quantitative estimate of drug-likeness (QED) is 0.810. The van der Waals surface area contributed by atoms with E-state index in [0.29, 0.717) is 10.7 Å². The molecule has 0 saturated carbocycles. The smallest absolute Gasteiger partial charge is 0.411 e. The number of anilines is 1. The second-order valence-corrected chi connectivity index (χ2v) is 4.14. The molecule has 1 N–H and O–H groups in total. The number of methoxy groups -OCH3 is 1. The minimum Gasteiger partial charge on any atom is -0.465 e. The highest BCUT2D eigenvalue weighted by molar-refractivity contribution is 6.33. The number of carboxylic acid groups (broad SMARTS) is 1. The fraction of sp³-hybridized carbons (Fsp3) is 0.417. The van der Waals surface area contributed by atoms with Crippen molar-refractivity contribution in [3.8, 4) is 0 Å². The lowest BCUT2D eigenvalue weighted by molar-refractivity contribution is -0.0619. The summed E-state index contributed by atoms with van der Waals surface area (Å²) >= 11 is 5.98. The van der Waals surface area contributed by atoms with E-state index in [0.717, 1.165) is 4.90 Å². The van der Waals surface area contributed by atoms with Gasteiger partial charge in [0, 0.05) is 7.11 Å². The summed E-state index contributed by atoms with van der Waals surface area (Å²) in [6, 6.07) is 6.78. The van der Waals surface area contributed by atoms with Crippen molar-refractivity contribution in [1.29, 1.82) is 0 Å². The van der Waals surface area contributed by atoms with E-state index in [4.69, 9.17) is 21.1 Å². The molecule has 5 nitrogen and oxygen atoms in total. The number of rotatable bonds is 6. The van der Waals surface area contributed by atoms with E-state index < -0.39 is 6.09 Å². The first-order valence-corrected chi connectivity index (χ1v) is 5.79. The van der Waals surface area contributed by atoms with Gasteiger partial charge < -0.3 is 14.6 Å². The van der Waals surface area contributed by atoms with Gasteiger partial charge in [0.1, 0.15) is 6.79 Å². The minimum absolute atomic E-state index is 0.122. The summed E-state index contributed by atoms with van der Waals surface area (Å²) in [7, 11) is 1.51. The summed E-state index contributed by atoms with van der Waals surface area (Å²) in [5.74, 6) is 0. The lowest BCUT2D eigenvalue weighted by atomic mass is 10.2. The molecule has 18 heavy (non-hydrogen) atoms. The third-order valence-electron chi connectivity index (χ3n) is 2.28. The van der Waals surface area contributed by atoms with Crippen molar-refractivity contribution in [2.24, 2.45) is 0 Å². The summed E-state index contributed by atoms with van der Waals surface area (Å²) < 4.78 is 10.0. The summed E-state index contributed by atoms with van der Waals surface area (Å²) in [5, 5.41) is 9.59. The monoisotopic (exact) mass is 273 g/mol. The fourth-order valence-corrected chi connectivity index (χ4v) is 1.68. The van der Waals surface area contributed by atoms with Gasteiger partial charge in [-0.3, -0.25) is 4.90 Å². The molecule has 0 aliphatic heterocycles. The summed E-state index contributed by atoms with van der Waals surface area (Å²) in [5.41, 5.74) is 0.444. The summed E-state index contributed by atoms with van der Waals surface area (Å²) in [6.45, 7) is 2.07. The van der Waals surface area contributed by atoms with E-state index in [1.807, 2.05) is 0 Å². The second-order valence-electron chi connectivity index (χ2n) is 3.73. The maximum atomic E-state index is 11.2. The molecule has 0 fully saturated rings. The molecular formula is C12H16ClNO4. The standard InChI is InChI=1S/C12H16ClNO4/c1-9(18-8-17-2)7-14(12(15)16)11-6-4-3-5-10(11)13/h3-6,9H,7-8H2,1-2H3,(H,15,16)/t9-/m0/s1. The van der Waals surface area contributed by atoms with Crippen LogP contribution < -0.4 is 4.90 Å². The highest BCUT2D eigenvalue weighted by Crippen LogP contribution is 2.25. The first-order valence-electron chi connectivity index (χ1n) is 5.41. The Morgan fingerprint density at radius 3 is 2.72 bits per heavy atom. The van der Waals surface area contributed by atoms with Gasteiger partial charge in [0.25, 0.3) is 0 Å². The van der Waals surface area contributed by atoms with Gasteiger partial charge in [-0.15, -0.1) is 0 Å². The normalized spacial score (nSPS) is 12.2. The van der Waals surface area contributed by atoms with Crippen LogP contribution in [-0.4, -0.2) is 37.8 Å². The number of para-hydroxylation sites is 1. The van der Waals surface area contributed by atoms with Gasteiger partial charge in [-0.2, -0.15) is 0 Å². The molecule has 1 atom stereocenters. The predicted octanol–water partition coefficient (Wildman–Crippen LogP) is 2.83. The van der Waals surface area contributed by atoms with E-state index in [2.05, 4.69) is 0 Å². The number of carbonyl (C=O) groups is 1. The number of hydrogen-bond donors (Lipinski definition) is 1. The molecule has 0 unspecified atom stereocenters. The molecule has 1 rings (SSSR count). The summed E-state index contributed by atoms with van der Waals surface area (Å²) in [6.07, 6.45) is -1.37. The Bertz CT molecular complexity index is 399. The first-order chi connectivity index (χ1) is 8.56. The Hall–Kier alpha value is -1.30. The van der Waals surface area contributed by atoms with E-state index in [1.54, 1.807) is 31.2 Å². The highest BCUT2D eigenvalue weighted by Gasteiger charge is 2.19. The zero-order valence-corrected chi connectivity index (χ0v) is 11.1. The van der Waals surface area contributed by atoms with Crippen molar-refractivity contribution < 1.29 is 19.4 Å². The molecule has 1 amide bonds. The fourth-order valence-electron chi connectivity index (χ4n) is 1.44. The molecule has 0 heterocycles. The van der Waals surface area contributed by atoms with Crippen LogP contribution in [0.5, 0.6) is 0 Å². The van der Waals surface area contributed by atoms with Crippen molar-refractivity contribution in [3.63, 3.8) is 0 Å². The van der Waals surface area contributed by atoms with Gasteiger partial charge in [0.15, 0.2) is 0 Å². The van der Waals surface area contributed by atoms with Crippen LogP contribution in [0.25, 0.3) is 0 Å². The third kappa shape index (κ3) is 4.18. The zero-order chi connectivity index (χ0) is 13.5. The van der Waals surface area contributed by atoms with Gasteiger partial charge in [0.05, 0.1) is 23.4 Å². The van der Waals surface area contributed by atoms with Crippen LogP contribution in [0.4, 0.5) is 10.5 Å². The molecule has 100 valence electrons. The van der Waals surface area contributed by atoms with E-state index >= 15 is 0 Å². The number of halogens is 1. The van der Waals surface area contributed by atoms with E-state index in [-0.39, 0.29) is 19.4 Å². The highest BCUT2D eigenvalue weighted by atomic mass is 35.5. The lowest BCUT2D eigenvalue weighted by Gasteiger charge is -2.24. The van der Waals surface area contributed by atoms with Gasteiger partial charge in [0.2, 0.25) is 0 Å². The molecule has 0 aliphatic rings. The Labute approximate surface area is 111 Å². The number of hydrogen-bond acceptors (Lipinski definition) is 3. The van der Waals surface area contributed by atoms with Gasteiger partial charge in [-0.05, 0) is 19.1 Å². The van der Waals surface area contributed by atoms with Crippen LogP contribution in [0, 0.1) is 0 Å². The molecule has 1 aromatic rings. The summed E-state index contributed by atoms with van der Waals surface area (Å²) in [4.78, 5) is 12.4. The maximum Gasteiger partial charge on any atom is 0.411 e. The lowest BCUT2D eigenvalue weighted by Crippen LogP contribution is -2.37. The molecule has 6 heteroatoms. The first kappa shape index (κ1) is 14.8. The topological polar surface area (TPSA) is 59.0 Å². The van der Waals surface area contributed by atoms with E-state index in [9.17, 15) is 9.90 Å². The minimum atomic E-state index is -1.07. The molecule has 0 aliphatic carbocycles. The largest absolute Gasteiger partial charge is 0.465 e.